The van der Waals surface area contributed by atoms with Crippen molar-refractivity contribution in [3.8, 4) is 0 Å². The minimum absolute atomic E-state index is 0.0854. The molecule has 1 N–H and O–H groups in total. The SMILES string of the molecule is CC(C)c1ccc(NC(=O)C2CCN(Cc3ccccc3Cl)CC2)cc1. The van der Waals surface area contributed by atoms with E-state index in [1.54, 1.807) is 0 Å². The molecule has 1 aliphatic rings. The lowest BCUT2D eigenvalue weighted by Gasteiger charge is -2.31. The highest BCUT2D eigenvalue weighted by Gasteiger charge is 2.25. The summed E-state index contributed by atoms with van der Waals surface area (Å²) in [6, 6.07) is 16.2. The van der Waals surface area contributed by atoms with E-state index in [1.807, 2.05) is 30.3 Å². The van der Waals surface area contributed by atoms with Gasteiger partial charge in [-0.3, -0.25) is 9.69 Å². The molecule has 0 aromatic heterocycles. The van der Waals surface area contributed by atoms with Crippen molar-refractivity contribution in [2.24, 2.45) is 5.92 Å². The molecule has 138 valence electrons. The Morgan fingerprint density at radius 2 is 1.77 bits per heavy atom. The summed E-state index contributed by atoms with van der Waals surface area (Å²) < 4.78 is 0. The number of piperidine rings is 1. The quantitative estimate of drug-likeness (QED) is 0.773. The number of hydrogen-bond donors (Lipinski definition) is 1. The van der Waals surface area contributed by atoms with Crippen molar-refractivity contribution < 1.29 is 4.79 Å². The number of benzene rings is 2. The molecule has 0 bridgehead atoms. The van der Waals surface area contributed by atoms with E-state index in [1.165, 1.54) is 5.56 Å². The first-order valence-corrected chi connectivity index (χ1v) is 9.77. The molecule has 0 spiro atoms. The van der Waals surface area contributed by atoms with E-state index in [-0.39, 0.29) is 11.8 Å². The molecule has 2 aromatic carbocycles. The summed E-state index contributed by atoms with van der Waals surface area (Å²) in [5.41, 5.74) is 3.33. The third-order valence-electron chi connectivity index (χ3n) is 5.16. The molecule has 3 rings (SSSR count). The van der Waals surface area contributed by atoms with Gasteiger partial charge in [0.25, 0.3) is 0 Å². The van der Waals surface area contributed by atoms with E-state index < -0.39 is 0 Å². The molecule has 26 heavy (non-hydrogen) atoms. The number of rotatable bonds is 5. The predicted molar refractivity (Wildman–Crippen MR) is 109 cm³/mol. The fourth-order valence-corrected chi connectivity index (χ4v) is 3.61. The molecule has 1 fully saturated rings. The van der Waals surface area contributed by atoms with Crippen LogP contribution in [0.3, 0.4) is 0 Å². The number of amides is 1. The number of nitrogens with one attached hydrogen (secondary N) is 1. The van der Waals surface area contributed by atoms with Gasteiger partial charge >= 0.3 is 0 Å². The van der Waals surface area contributed by atoms with Crippen molar-refractivity contribution in [2.75, 3.05) is 18.4 Å². The summed E-state index contributed by atoms with van der Waals surface area (Å²) in [7, 11) is 0. The van der Waals surface area contributed by atoms with Gasteiger partial charge in [-0.05, 0) is 61.2 Å². The van der Waals surface area contributed by atoms with Gasteiger partial charge in [-0.1, -0.05) is 55.8 Å². The van der Waals surface area contributed by atoms with Gasteiger partial charge in [0.15, 0.2) is 0 Å². The van der Waals surface area contributed by atoms with Gasteiger partial charge in [0, 0.05) is 23.2 Å². The number of hydrogen-bond acceptors (Lipinski definition) is 2. The van der Waals surface area contributed by atoms with Crippen molar-refractivity contribution >= 4 is 23.2 Å². The highest BCUT2D eigenvalue weighted by Crippen LogP contribution is 2.24. The monoisotopic (exact) mass is 370 g/mol. The maximum Gasteiger partial charge on any atom is 0.227 e. The Labute approximate surface area is 161 Å². The molecular formula is C22H27ClN2O. The lowest BCUT2D eigenvalue weighted by atomic mass is 9.95. The zero-order chi connectivity index (χ0) is 18.5. The zero-order valence-corrected chi connectivity index (χ0v) is 16.3. The second-order valence-electron chi connectivity index (χ2n) is 7.41. The van der Waals surface area contributed by atoms with E-state index >= 15 is 0 Å². The van der Waals surface area contributed by atoms with Crippen LogP contribution in [0.4, 0.5) is 5.69 Å². The van der Waals surface area contributed by atoms with Gasteiger partial charge in [-0.25, -0.2) is 0 Å². The molecule has 4 heteroatoms. The van der Waals surface area contributed by atoms with Crippen LogP contribution in [0.1, 0.15) is 43.7 Å². The van der Waals surface area contributed by atoms with Crippen molar-refractivity contribution in [1.29, 1.82) is 0 Å². The molecule has 3 nitrogen and oxygen atoms in total. The molecule has 0 aliphatic carbocycles. The average molecular weight is 371 g/mol. The minimum Gasteiger partial charge on any atom is -0.326 e. The van der Waals surface area contributed by atoms with Crippen LogP contribution in [-0.2, 0) is 11.3 Å². The van der Waals surface area contributed by atoms with E-state index in [9.17, 15) is 4.79 Å². The first-order valence-electron chi connectivity index (χ1n) is 9.39. The maximum absolute atomic E-state index is 12.6. The number of carbonyl (C=O) groups is 1. The molecular weight excluding hydrogens is 344 g/mol. The smallest absolute Gasteiger partial charge is 0.227 e. The third-order valence-corrected chi connectivity index (χ3v) is 5.52. The van der Waals surface area contributed by atoms with Gasteiger partial charge in [-0.15, -0.1) is 0 Å². The Morgan fingerprint density at radius 3 is 2.38 bits per heavy atom. The molecule has 1 saturated heterocycles. The Balaban J connectivity index is 1.49. The summed E-state index contributed by atoms with van der Waals surface area (Å²) in [5.74, 6) is 0.726. The van der Waals surface area contributed by atoms with Crippen LogP contribution in [0.25, 0.3) is 0 Å². The number of carbonyl (C=O) groups excluding carboxylic acids is 1. The zero-order valence-electron chi connectivity index (χ0n) is 15.5. The standard InChI is InChI=1S/C22H27ClN2O/c1-16(2)17-7-9-20(10-8-17)24-22(26)18-11-13-25(14-12-18)15-19-5-3-4-6-21(19)23/h3-10,16,18H,11-15H2,1-2H3,(H,24,26). The second kappa shape index (κ2) is 8.70. The Kier molecular flexibility index (Phi) is 6.33. The largest absolute Gasteiger partial charge is 0.326 e. The van der Waals surface area contributed by atoms with Crippen molar-refractivity contribution in [1.82, 2.24) is 4.90 Å². The molecule has 0 unspecified atom stereocenters. The lowest BCUT2D eigenvalue weighted by molar-refractivity contribution is -0.121. The van der Waals surface area contributed by atoms with Gasteiger partial charge in [-0.2, -0.15) is 0 Å². The average Bonchev–Trinajstić information content (AvgIpc) is 2.64. The highest BCUT2D eigenvalue weighted by atomic mass is 35.5. The van der Waals surface area contributed by atoms with Crippen molar-refractivity contribution in [2.45, 2.75) is 39.2 Å². The first-order chi connectivity index (χ1) is 12.5. The Hall–Kier alpha value is -1.84. The summed E-state index contributed by atoms with van der Waals surface area (Å²) in [6.07, 6.45) is 1.78. The molecule has 1 aliphatic heterocycles. The first kappa shape index (κ1) is 18.9. The van der Waals surface area contributed by atoms with Crippen LogP contribution in [0.5, 0.6) is 0 Å². The summed E-state index contributed by atoms with van der Waals surface area (Å²) in [5, 5.41) is 3.89. The van der Waals surface area contributed by atoms with Crippen LogP contribution in [-0.4, -0.2) is 23.9 Å². The van der Waals surface area contributed by atoms with Crippen molar-refractivity contribution in [3.63, 3.8) is 0 Å². The van der Waals surface area contributed by atoms with E-state index in [4.69, 9.17) is 11.6 Å². The fourth-order valence-electron chi connectivity index (χ4n) is 3.42. The maximum atomic E-state index is 12.6. The highest BCUT2D eigenvalue weighted by molar-refractivity contribution is 6.31. The van der Waals surface area contributed by atoms with Crippen LogP contribution >= 0.6 is 11.6 Å². The van der Waals surface area contributed by atoms with E-state index in [0.29, 0.717) is 5.92 Å². The number of nitrogens with zero attached hydrogens (tertiary/aromatic N) is 1. The van der Waals surface area contributed by atoms with Crippen LogP contribution in [0, 0.1) is 5.92 Å². The molecule has 1 amide bonds. The third kappa shape index (κ3) is 4.87. The summed E-state index contributed by atoms with van der Waals surface area (Å²) in [4.78, 5) is 14.9. The Morgan fingerprint density at radius 1 is 1.12 bits per heavy atom. The lowest BCUT2D eigenvalue weighted by Crippen LogP contribution is -2.37. The normalized spacial score (nSPS) is 16.0. The molecule has 0 atom stereocenters. The summed E-state index contributed by atoms with van der Waals surface area (Å²) in [6.45, 7) is 7.05. The van der Waals surface area contributed by atoms with E-state index in [2.05, 4.69) is 42.3 Å². The number of halogens is 1. The predicted octanol–water partition coefficient (Wildman–Crippen LogP) is 5.31. The number of anilines is 1. The fraction of sp³-hybridized carbons (Fsp3) is 0.409. The van der Waals surface area contributed by atoms with Gasteiger partial charge in [0.2, 0.25) is 5.91 Å². The van der Waals surface area contributed by atoms with Crippen molar-refractivity contribution in [3.05, 3.63) is 64.7 Å². The summed E-state index contributed by atoms with van der Waals surface area (Å²) >= 11 is 6.25. The van der Waals surface area contributed by atoms with Gasteiger partial charge < -0.3 is 5.32 Å². The Bertz CT molecular complexity index is 734. The molecule has 0 saturated carbocycles. The molecule has 0 radical (unpaired) electrons. The van der Waals surface area contributed by atoms with Crippen LogP contribution in [0.15, 0.2) is 48.5 Å². The molecule has 2 aromatic rings. The van der Waals surface area contributed by atoms with Gasteiger partial charge in [0.1, 0.15) is 0 Å². The van der Waals surface area contributed by atoms with E-state index in [0.717, 1.165) is 48.7 Å². The minimum atomic E-state index is 0.0854. The topological polar surface area (TPSA) is 32.3 Å². The van der Waals surface area contributed by atoms with Gasteiger partial charge in [0.05, 0.1) is 0 Å². The molecule has 1 heterocycles. The second-order valence-corrected chi connectivity index (χ2v) is 7.81. The van der Waals surface area contributed by atoms with Crippen LogP contribution in [0.2, 0.25) is 5.02 Å². The van der Waals surface area contributed by atoms with Crippen LogP contribution < -0.4 is 5.32 Å². The number of likely N-dealkylation sites (tertiary alicyclic amines) is 1.